The fraction of sp³-hybridized carbons (Fsp3) is 0.625. The van der Waals surface area contributed by atoms with E-state index in [1.54, 1.807) is 6.07 Å². The molecular weight excluding hydrogens is 239 g/mol. The van der Waals surface area contributed by atoms with E-state index in [1.807, 2.05) is 6.07 Å². The number of anilines is 2. The number of rotatable bonds is 5. The first-order valence-electron chi connectivity index (χ1n) is 7.30. The van der Waals surface area contributed by atoms with E-state index in [0.29, 0.717) is 11.3 Å². The maximum Gasteiger partial charge on any atom is 0.148 e. The van der Waals surface area contributed by atoms with Crippen LogP contribution in [0.25, 0.3) is 0 Å². The van der Waals surface area contributed by atoms with Crippen molar-refractivity contribution in [1.29, 1.82) is 0 Å². The summed E-state index contributed by atoms with van der Waals surface area (Å²) in [5.41, 5.74) is 7.11. The molecule has 1 aromatic carbocycles. The quantitative estimate of drug-likeness (QED) is 0.772. The Hall–Kier alpha value is -1.25. The predicted octanol–water partition coefficient (Wildman–Crippen LogP) is 4.43. The lowest BCUT2D eigenvalue weighted by Gasteiger charge is -2.31. The summed E-state index contributed by atoms with van der Waals surface area (Å²) in [6, 6.07) is 4.97. The molecule has 19 heavy (non-hydrogen) atoms. The van der Waals surface area contributed by atoms with Crippen LogP contribution in [-0.2, 0) is 0 Å². The van der Waals surface area contributed by atoms with Crippen molar-refractivity contribution in [3.8, 4) is 0 Å². The molecule has 0 bridgehead atoms. The van der Waals surface area contributed by atoms with E-state index >= 15 is 0 Å². The van der Waals surface area contributed by atoms with Crippen molar-refractivity contribution >= 4 is 11.4 Å². The maximum absolute atomic E-state index is 13.4. The molecule has 2 nitrogen and oxygen atoms in total. The third-order valence-electron chi connectivity index (χ3n) is 4.21. The second-order valence-corrected chi connectivity index (χ2v) is 6.36. The zero-order valence-electron chi connectivity index (χ0n) is 12.0. The zero-order valence-corrected chi connectivity index (χ0v) is 12.0. The van der Waals surface area contributed by atoms with E-state index in [0.717, 1.165) is 12.2 Å². The molecule has 0 aromatic heterocycles. The number of para-hydroxylation sites is 1. The molecule has 2 rings (SSSR count). The van der Waals surface area contributed by atoms with Crippen molar-refractivity contribution in [1.82, 2.24) is 0 Å². The summed E-state index contributed by atoms with van der Waals surface area (Å²) in [5, 5.41) is 3.38. The van der Waals surface area contributed by atoms with Gasteiger partial charge in [-0.1, -0.05) is 32.8 Å². The predicted molar refractivity (Wildman–Crippen MR) is 79.7 cm³/mol. The van der Waals surface area contributed by atoms with Gasteiger partial charge in [0.15, 0.2) is 0 Å². The molecule has 3 heteroatoms. The van der Waals surface area contributed by atoms with Crippen LogP contribution in [0.3, 0.4) is 0 Å². The van der Waals surface area contributed by atoms with Gasteiger partial charge >= 0.3 is 0 Å². The van der Waals surface area contributed by atoms with Gasteiger partial charge in [-0.3, -0.25) is 0 Å². The second kappa shape index (κ2) is 5.81. The summed E-state index contributed by atoms with van der Waals surface area (Å²) in [5.74, 6) is 0.360. The molecule has 3 N–H and O–H groups in total. The molecule has 1 fully saturated rings. The van der Waals surface area contributed by atoms with Crippen LogP contribution in [0.2, 0.25) is 0 Å². The Morgan fingerprint density at radius 3 is 2.63 bits per heavy atom. The van der Waals surface area contributed by atoms with E-state index in [-0.39, 0.29) is 11.5 Å². The van der Waals surface area contributed by atoms with Crippen molar-refractivity contribution in [2.45, 2.75) is 46.0 Å². The monoisotopic (exact) mass is 264 g/mol. The van der Waals surface area contributed by atoms with E-state index in [4.69, 9.17) is 5.73 Å². The first kappa shape index (κ1) is 14.2. The topological polar surface area (TPSA) is 38.0 Å². The number of nitrogen functional groups attached to an aromatic ring is 1. The van der Waals surface area contributed by atoms with Crippen LogP contribution in [0, 0.1) is 17.2 Å². The minimum absolute atomic E-state index is 0.236. The lowest BCUT2D eigenvalue weighted by atomic mass is 9.78. The van der Waals surface area contributed by atoms with Gasteiger partial charge in [-0.25, -0.2) is 4.39 Å². The van der Waals surface area contributed by atoms with Gasteiger partial charge in [0.25, 0.3) is 0 Å². The van der Waals surface area contributed by atoms with Crippen LogP contribution >= 0.6 is 0 Å². The van der Waals surface area contributed by atoms with Crippen molar-refractivity contribution in [3.63, 3.8) is 0 Å². The Bertz CT molecular complexity index is 423. The lowest BCUT2D eigenvalue weighted by molar-refractivity contribution is 0.252. The largest absolute Gasteiger partial charge is 0.395 e. The third kappa shape index (κ3) is 3.40. The highest BCUT2D eigenvalue weighted by atomic mass is 19.1. The lowest BCUT2D eigenvalue weighted by Crippen LogP contribution is -2.28. The third-order valence-corrected chi connectivity index (χ3v) is 4.21. The first-order chi connectivity index (χ1) is 9.02. The molecule has 0 unspecified atom stereocenters. The molecule has 106 valence electrons. The van der Waals surface area contributed by atoms with Gasteiger partial charge in [-0.05, 0) is 42.7 Å². The molecule has 0 atom stereocenters. The fourth-order valence-corrected chi connectivity index (χ4v) is 3.42. The zero-order chi connectivity index (χ0) is 13.9. The summed E-state index contributed by atoms with van der Waals surface area (Å²) in [4.78, 5) is 0. The number of halogens is 1. The van der Waals surface area contributed by atoms with Crippen molar-refractivity contribution in [3.05, 3.63) is 24.0 Å². The summed E-state index contributed by atoms with van der Waals surface area (Å²) >= 11 is 0. The molecule has 1 aromatic rings. The van der Waals surface area contributed by atoms with E-state index in [9.17, 15) is 4.39 Å². The molecular formula is C16H25FN2. The Kier molecular flexibility index (Phi) is 4.33. The molecule has 0 heterocycles. The Morgan fingerprint density at radius 2 is 2.00 bits per heavy atom. The fourth-order valence-electron chi connectivity index (χ4n) is 3.42. The number of nitrogens with one attached hydrogen (secondary N) is 1. The van der Waals surface area contributed by atoms with E-state index in [2.05, 4.69) is 19.2 Å². The van der Waals surface area contributed by atoms with Gasteiger partial charge < -0.3 is 11.1 Å². The summed E-state index contributed by atoms with van der Waals surface area (Å²) < 4.78 is 13.4. The van der Waals surface area contributed by atoms with Crippen LogP contribution in [-0.4, -0.2) is 6.54 Å². The molecule has 1 saturated carbocycles. The summed E-state index contributed by atoms with van der Waals surface area (Å²) in [7, 11) is 0. The highest BCUT2D eigenvalue weighted by molar-refractivity contribution is 5.66. The molecule has 0 radical (unpaired) electrons. The normalized spacial score (nSPS) is 17.9. The Balaban J connectivity index is 2.05. The van der Waals surface area contributed by atoms with Crippen LogP contribution in [0.4, 0.5) is 15.8 Å². The van der Waals surface area contributed by atoms with E-state index < -0.39 is 0 Å². The molecule has 0 spiro atoms. The van der Waals surface area contributed by atoms with Crippen LogP contribution in [0.15, 0.2) is 18.2 Å². The molecule has 1 aliphatic carbocycles. The van der Waals surface area contributed by atoms with Gasteiger partial charge in [-0.15, -0.1) is 0 Å². The van der Waals surface area contributed by atoms with Crippen LogP contribution in [0.1, 0.15) is 46.0 Å². The number of hydrogen-bond donors (Lipinski definition) is 2. The van der Waals surface area contributed by atoms with Gasteiger partial charge in [0.1, 0.15) is 5.82 Å². The standard InChI is InChI=1S/C16H25FN2/c1-12(2)10-16(8-3-4-9-16)11-19-14-7-5-6-13(17)15(14)18/h5-7,12,19H,3-4,8-11,18H2,1-2H3. The van der Waals surface area contributed by atoms with Crippen molar-refractivity contribution < 1.29 is 4.39 Å². The van der Waals surface area contributed by atoms with Crippen LogP contribution in [0.5, 0.6) is 0 Å². The first-order valence-corrected chi connectivity index (χ1v) is 7.30. The number of benzene rings is 1. The summed E-state index contributed by atoms with van der Waals surface area (Å²) in [6.07, 6.45) is 6.40. The van der Waals surface area contributed by atoms with Gasteiger partial charge in [0, 0.05) is 6.54 Å². The number of nitrogens with two attached hydrogens (primary N) is 1. The van der Waals surface area contributed by atoms with Gasteiger partial charge in [-0.2, -0.15) is 0 Å². The molecule has 0 saturated heterocycles. The maximum atomic E-state index is 13.4. The minimum atomic E-state index is -0.339. The SMILES string of the molecule is CC(C)CC1(CNc2cccc(F)c2N)CCCC1. The highest BCUT2D eigenvalue weighted by Crippen LogP contribution is 2.43. The molecule has 1 aliphatic rings. The molecule has 0 amide bonds. The Morgan fingerprint density at radius 1 is 1.32 bits per heavy atom. The van der Waals surface area contributed by atoms with Gasteiger partial charge in [0.05, 0.1) is 11.4 Å². The second-order valence-electron chi connectivity index (χ2n) is 6.36. The van der Waals surface area contributed by atoms with Crippen molar-refractivity contribution in [2.75, 3.05) is 17.6 Å². The Labute approximate surface area is 115 Å². The van der Waals surface area contributed by atoms with Crippen molar-refractivity contribution in [2.24, 2.45) is 11.3 Å². The van der Waals surface area contributed by atoms with Gasteiger partial charge in [0.2, 0.25) is 0 Å². The van der Waals surface area contributed by atoms with E-state index in [1.165, 1.54) is 38.2 Å². The highest BCUT2D eigenvalue weighted by Gasteiger charge is 2.34. The average molecular weight is 264 g/mol. The van der Waals surface area contributed by atoms with Crippen LogP contribution < -0.4 is 11.1 Å². The minimum Gasteiger partial charge on any atom is -0.395 e. The molecule has 0 aliphatic heterocycles. The summed E-state index contributed by atoms with van der Waals surface area (Å²) in [6.45, 7) is 5.45. The number of hydrogen-bond acceptors (Lipinski definition) is 2. The average Bonchev–Trinajstić information content (AvgIpc) is 2.79. The smallest absolute Gasteiger partial charge is 0.148 e.